The molecule has 3 rings (SSSR count). The number of amides is 1. The van der Waals surface area contributed by atoms with Crippen LogP contribution in [0, 0.1) is 0 Å². The summed E-state index contributed by atoms with van der Waals surface area (Å²) in [5.74, 6) is 2.15. The van der Waals surface area contributed by atoms with Gasteiger partial charge in [0.2, 0.25) is 0 Å². The number of aryl methyl sites for hydroxylation is 1. The van der Waals surface area contributed by atoms with Crippen molar-refractivity contribution in [3.63, 3.8) is 0 Å². The largest absolute Gasteiger partial charge is 0.494 e. The van der Waals surface area contributed by atoms with E-state index in [1.807, 2.05) is 36.0 Å². The van der Waals surface area contributed by atoms with Crippen molar-refractivity contribution in [1.29, 1.82) is 0 Å². The van der Waals surface area contributed by atoms with Gasteiger partial charge in [-0.05, 0) is 49.1 Å². The number of carbonyl (C=O) groups is 1. The van der Waals surface area contributed by atoms with Crippen LogP contribution in [0.2, 0.25) is 0 Å². The maximum atomic E-state index is 12.6. The Morgan fingerprint density at radius 3 is 2.43 bits per heavy atom. The molecule has 2 N–H and O–H groups in total. The molecule has 0 spiro atoms. The summed E-state index contributed by atoms with van der Waals surface area (Å²) in [7, 11) is -3.83. The van der Waals surface area contributed by atoms with E-state index in [1.165, 1.54) is 34.5 Å². The number of sulfone groups is 1. The molecule has 0 bridgehead atoms. The van der Waals surface area contributed by atoms with Crippen LogP contribution in [0.3, 0.4) is 0 Å². The minimum absolute atomic E-state index is 0.000846. The number of hydrogen-bond acceptors (Lipinski definition) is 8. The predicted molar refractivity (Wildman–Crippen MR) is 138 cm³/mol. The molecule has 1 fully saturated rings. The first-order chi connectivity index (χ1) is 16.6. The summed E-state index contributed by atoms with van der Waals surface area (Å²) in [5.41, 5.74) is 2.67. The smallest absolute Gasteiger partial charge is 0.264 e. The number of thioether (sulfide) groups is 1. The molecule has 0 aliphatic carbocycles. The SMILES string of the molecule is CC(CCn1ccc(-c2ccc(OCCCN3CCSCC3)cc2)cc1=O)(C(=O)NO)S(C)(=O)=O. The molecule has 35 heavy (non-hydrogen) atoms. The number of aromatic nitrogens is 1. The Morgan fingerprint density at radius 2 is 1.83 bits per heavy atom. The van der Waals surface area contributed by atoms with Crippen LogP contribution >= 0.6 is 11.8 Å². The van der Waals surface area contributed by atoms with E-state index >= 15 is 0 Å². The normalized spacial score (nSPS) is 16.4. The van der Waals surface area contributed by atoms with Crippen LogP contribution in [0.1, 0.15) is 19.8 Å². The second-order valence-electron chi connectivity index (χ2n) is 8.82. The first kappa shape index (κ1) is 27.3. The van der Waals surface area contributed by atoms with Gasteiger partial charge in [0.25, 0.3) is 11.5 Å². The summed E-state index contributed by atoms with van der Waals surface area (Å²) in [5, 5.41) is 8.94. The molecule has 11 heteroatoms. The van der Waals surface area contributed by atoms with Gasteiger partial charge in [-0.3, -0.25) is 14.8 Å². The quantitative estimate of drug-likeness (QED) is 0.261. The van der Waals surface area contributed by atoms with Crippen LogP contribution in [0.25, 0.3) is 11.1 Å². The number of nitrogens with zero attached hydrogens (tertiary/aromatic N) is 2. The molecule has 2 aromatic rings. The number of rotatable bonds is 11. The Morgan fingerprint density at radius 1 is 1.14 bits per heavy atom. The zero-order valence-electron chi connectivity index (χ0n) is 20.1. The van der Waals surface area contributed by atoms with Crippen molar-refractivity contribution < 1.29 is 23.2 Å². The highest BCUT2D eigenvalue weighted by molar-refractivity contribution is 7.99. The van der Waals surface area contributed by atoms with E-state index in [0.29, 0.717) is 6.61 Å². The van der Waals surface area contributed by atoms with Crippen LogP contribution < -0.4 is 15.8 Å². The molecule has 0 radical (unpaired) electrons. The third-order valence-electron chi connectivity index (χ3n) is 6.40. The molecule has 0 saturated carbocycles. The fraction of sp³-hybridized carbons (Fsp3) is 0.500. The zero-order valence-corrected chi connectivity index (χ0v) is 21.7. The Labute approximate surface area is 210 Å². The highest BCUT2D eigenvalue weighted by Crippen LogP contribution is 2.24. The molecular formula is C24H33N3O6S2. The van der Waals surface area contributed by atoms with Crippen LogP contribution in [-0.4, -0.2) is 77.7 Å². The van der Waals surface area contributed by atoms with Crippen LogP contribution in [0.4, 0.5) is 0 Å². The lowest BCUT2D eigenvalue weighted by atomic mass is 10.1. The average molecular weight is 524 g/mol. The van der Waals surface area contributed by atoms with Crippen molar-refractivity contribution in [1.82, 2.24) is 14.9 Å². The summed E-state index contributed by atoms with van der Waals surface area (Å²) < 4.78 is 29.6. The number of carbonyl (C=O) groups excluding carboxylic acids is 1. The number of hydroxylamine groups is 1. The minimum atomic E-state index is -3.83. The van der Waals surface area contributed by atoms with E-state index in [2.05, 4.69) is 4.90 Å². The molecule has 1 amide bonds. The molecule has 9 nitrogen and oxygen atoms in total. The van der Waals surface area contributed by atoms with E-state index in [4.69, 9.17) is 9.94 Å². The number of benzene rings is 1. The Hall–Kier alpha value is -2.34. The Bertz CT molecular complexity index is 1160. The third kappa shape index (κ3) is 7.09. The van der Waals surface area contributed by atoms with Crippen molar-refractivity contribution in [3.8, 4) is 16.9 Å². The Kier molecular flexibility index (Phi) is 9.40. The summed E-state index contributed by atoms with van der Waals surface area (Å²) >= 11 is 2.00. The van der Waals surface area contributed by atoms with Gasteiger partial charge in [0.1, 0.15) is 5.75 Å². The second kappa shape index (κ2) is 12.1. The summed E-state index contributed by atoms with van der Waals surface area (Å²) in [6.07, 6.45) is 3.30. The third-order valence-corrected chi connectivity index (χ3v) is 9.37. The summed E-state index contributed by atoms with van der Waals surface area (Å²) in [4.78, 5) is 27.1. The van der Waals surface area contributed by atoms with Gasteiger partial charge in [0.15, 0.2) is 14.6 Å². The molecule has 1 saturated heterocycles. The number of nitrogens with one attached hydrogen (secondary N) is 1. The monoisotopic (exact) mass is 523 g/mol. The maximum absolute atomic E-state index is 12.6. The fourth-order valence-corrected chi connectivity index (χ4v) is 5.66. The molecule has 1 aliphatic heterocycles. The van der Waals surface area contributed by atoms with E-state index in [9.17, 15) is 18.0 Å². The number of hydrogen-bond donors (Lipinski definition) is 2. The summed E-state index contributed by atoms with van der Waals surface area (Å²) in [6, 6.07) is 10.8. The standard InChI is InChI=1S/C24H33N3O6S2/c1-24(23(29)25-30,35(2,31)32)9-12-27-11-8-20(18-22(27)28)19-4-6-21(7-5-19)33-15-3-10-26-13-16-34-17-14-26/h4-8,11,18,30H,3,9-10,12-17H2,1-2H3,(H,25,29). The van der Waals surface area contributed by atoms with Crippen LogP contribution in [0.5, 0.6) is 5.75 Å². The molecule has 2 heterocycles. The summed E-state index contributed by atoms with van der Waals surface area (Å²) in [6.45, 7) is 5.21. The Balaban J connectivity index is 1.57. The van der Waals surface area contributed by atoms with Gasteiger partial charge in [-0.2, -0.15) is 11.8 Å². The van der Waals surface area contributed by atoms with Crippen LogP contribution in [0.15, 0.2) is 47.4 Å². The topological polar surface area (TPSA) is 118 Å². The van der Waals surface area contributed by atoms with Crippen molar-refractivity contribution >= 4 is 27.5 Å². The highest BCUT2D eigenvalue weighted by atomic mass is 32.2. The van der Waals surface area contributed by atoms with Gasteiger partial charge in [-0.1, -0.05) is 12.1 Å². The second-order valence-corrected chi connectivity index (χ2v) is 12.5. The van der Waals surface area contributed by atoms with E-state index in [1.54, 1.807) is 12.3 Å². The molecule has 1 aromatic carbocycles. The van der Waals surface area contributed by atoms with E-state index in [0.717, 1.165) is 49.2 Å². The van der Waals surface area contributed by atoms with Crippen molar-refractivity contribution in [2.45, 2.75) is 31.1 Å². The first-order valence-electron chi connectivity index (χ1n) is 11.5. The minimum Gasteiger partial charge on any atom is -0.494 e. The van der Waals surface area contributed by atoms with Crippen molar-refractivity contribution in [2.24, 2.45) is 0 Å². The molecule has 1 atom stereocenters. The zero-order chi connectivity index (χ0) is 25.5. The van der Waals surface area contributed by atoms with Crippen molar-refractivity contribution in [2.75, 3.05) is 44.0 Å². The molecular weight excluding hydrogens is 490 g/mol. The molecule has 192 valence electrons. The molecule has 1 aromatic heterocycles. The van der Waals surface area contributed by atoms with Gasteiger partial charge in [0, 0.05) is 56.2 Å². The van der Waals surface area contributed by atoms with Gasteiger partial charge in [-0.25, -0.2) is 13.9 Å². The number of ether oxygens (including phenoxy) is 1. The lowest BCUT2D eigenvalue weighted by Gasteiger charge is -2.25. The lowest BCUT2D eigenvalue weighted by molar-refractivity contribution is -0.131. The predicted octanol–water partition coefficient (Wildman–Crippen LogP) is 2.03. The van der Waals surface area contributed by atoms with Crippen LogP contribution in [-0.2, 0) is 21.2 Å². The number of pyridine rings is 1. The van der Waals surface area contributed by atoms with E-state index < -0.39 is 20.5 Å². The molecule has 1 unspecified atom stereocenters. The fourth-order valence-electron chi connectivity index (χ4n) is 3.84. The average Bonchev–Trinajstić information content (AvgIpc) is 2.85. The van der Waals surface area contributed by atoms with Gasteiger partial charge >= 0.3 is 0 Å². The van der Waals surface area contributed by atoms with E-state index in [-0.39, 0.29) is 18.5 Å². The lowest BCUT2D eigenvalue weighted by Crippen LogP contribution is -2.49. The maximum Gasteiger partial charge on any atom is 0.264 e. The van der Waals surface area contributed by atoms with Crippen molar-refractivity contribution in [3.05, 3.63) is 52.9 Å². The van der Waals surface area contributed by atoms with Gasteiger partial charge in [0.05, 0.1) is 6.61 Å². The van der Waals surface area contributed by atoms with Gasteiger partial charge < -0.3 is 14.2 Å². The molecule has 1 aliphatic rings. The highest BCUT2D eigenvalue weighted by Gasteiger charge is 2.43. The first-order valence-corrected chi connectivity index (χ1v) is 14.6. The van der Waals surface area contributed by atoms with Gasteiger partial charge in [-0.15, -0.1) is 0 Å².